The van der Waals surface area contributed by atoms with Crippen molar-refractivity contribution >= 4 is 57.9 Å². The van der Waals surface area contributed by atoms with Crippen molar-refractivity contribution in [2.24, 2.45) is 0 Å². The van der Waals surface area contributed by atoms with Gasteiger partial charge in [0.05, 0.1) is 21.5 Å². The number of carbonyl (C=O) groups excluding carboxylic acids is 1. The van der Waals surface area contributed by atoms with Crippen LogP contribution < -0.4 is 5.32 Å². The highest BCUT2D eigenvalue weighted by Gasteiger charge is 2.17. The number of thiophene rings is 1. The first-order valence-corrected chi connectivity index (χ1v) is 11.4. The van der Waals surface area contributed by atoms with Crippen molar-refractivity contribution in [2.75, 3.05) is 11.1 Å². The molecule has 1 amide bonds. The van der Waals surface area contributed by atoms with Crippen LogP contribution in [0.4, 0.5) is 5.69 Å². The van der Waals surface area contributed by atoms with E-state index in [-0.39, 0.29) is 11.7 Å². The van der Waals surface area contributed by atoms with Crippen molar-refractivity contribution in [1.82, 2.24) is 14.8 Å². The van der Waals surface area contributed by atoms with Gasteiger partial charge in [-0.25, -0.2) is 0 Å². The molecule has 5 nitrogen and oxygen atoms in total. The Kier molecular flexibility index (Phi) is 7.04. The minimum atomic E-state index is -0.204. The lowest BCUT2D eigenvalue weighted by atomic mass is 10.1. The van der Waals surface area contributed by atoms with Crippen LogP contribution in [-0.2, 0) is 11.3 Å². The Balaban J connectivity index is 1.71. The van der Waals surface area contributed by atoms with Crippen LogP contribution in [0.2, 0.25) is 10.0 Å². The summed E-state index contributed by atoms with van der Waals surface area (Å²) in [5, 5.41) is 15.0. The first-order valence-electron chi connectivity index (χ1n) is 8.79. The van der Waals surface area contributed by atoms with E-state index in [1.165, 1.54) is 16.6 Å². The third-order valence-corrected chi connectivity index (χ3v) is 6.87. The van der Waals surface area contributed by atoms with Crippen LogP contribution in [0.25, 0.3) is 11.4 Å². The molecule has 1 N–H and O–H groups in total. The number of carbonyl (C=O) groups is 1. The zero-order valence-corrected chi connectivity index (χ0v) is 18.8. The summed E-state index contributed by atoms with van der Waals surface area (Å²) in [6.45, 7) is 7.10. The Morgan fingerprint density at radius 2 is 2.00 bits per heavy atom. The van der Waals surface area contributed by atoms with Gasteiger partial charge in [-0.2, -0.15) is 0 Å². The van der Waals surface area contributed by atoms with Gasteiger partial charge >= 0.3 is 0 Å². The SMILES string of the molecule is CCn1c(SCC(=O)Nc2c(Cl)cccc2Cl)nnc1-c1csc(C(C)C)c1. The first kappa shape index (κ1) is 21.2. The van der Waals surface area contributed by atoms with Crippen LogP contribution in [0.1, 0.15) is 31.6 Å². The summed E-state index contributed by atoms with van der Waals surface area (Å²) < 4.78 is 2.02. The molecular formula is C19H20Cl2N4OS2. The Labute approximate surface area is 182 Å². The number of para-hydroxylation sites is 1. The number of halogens is 2. The second-order valence-corrected chi connectivity index (χ2v) is 9.08. The zero-order valence-electron chi connectivity index (χ0n) is 15.7. The third kappa shape index (κ3) is 4.71. The molecular weight excluding hydrogens is 435 g/mol. The highest BCUT2D eigenvalue weighted by Crippen LogP contribution is 2.32. The van der Waals surface area contributed by atoms with Gasteiger partial charge in [-0.05, 0) is 31.0 Å². The van der Waals surface area contributed by atoms with E-state index in [2.05, 4.69) is 40.8 Å². The summed E-state index contributed by atoms with van der Waals surface area (Å²) in [7, 11) is 0. The predicted octanol–water partition coefficient (Wildman–Crippen LogP) is 6.19. The molecule has 28 heavy (non-hydrogen) atoms. The van der Waals surface area contributed by atoms with Gasteiger partial charge in [0.15, 0.2) is 11.0 Å². The van der Waals surface area contributed by atoms with E-state index in [1.807, 2.05) is 11.5 Å². The maximum Gasteiger partial charge on any atom is 0.234 e. The van der Waals surface area contributed by atoms with Gasteiger partial charge in [0.25, 0.3) is 0 Å². The van der Waals surface area contributed by atoms with Crippen molar-refractivity contribution in [2.45, 2.75) is 38.4 Å². The molecule has 0 bridgehead atoms. The number of hydrogen-bond donors (Lipinski definition) is 1. The minimum Gasteiger partial charge on any atom is -0.323 e. The molecule has 1 aromatic carbocycles. The Morgan fingerprint density at radius 1 is 1.29 bits per heavy atom. The number of amides is 1. The summed E-state index contributed by atoms with van der Waals surface area (Å²) in [6.07, 6.45) is 0. The highest BCUT2D eigenvalue weighted by molar-refractivity contribution is 7.99. The molecule has 3 aromatic rings. The van der Waals surface area contributed by atoms with E-state index in [4.69, 9.17) is 23.2 Å². The third-order valence-electron chi connectivity index (χ3n) is 4.04. The lowest BCUT2D eigenvalue weighted by Gasteiger charge is -2.09. The monoisotopic (exact) mass is 454 g/mol. The number of thioether (sulfide) groups is 1. The van der Waals surface area contributed by atoms with E-state index in [0.29, 0.717) is 26.8 Å². The quantitative estimate of drug-likeness (QED) is 0.432. The van der Waals surface area contributed by atoms with Gasteiger partial charge in [-0.1, -0.05) is 54.9 Å². The molecule has 0 aliphatic rings. The van der Waals surface area contributed by atoms with Gasteiger partial charge in [-0.15, -0.1) is 21.5 Å². The summed E-state index contributed by atoms with van der Waals surface area (Å²) in [4.78, 5) is 13.7. The van der Waals surface area contributed by atoms with Gasteiger partial charge in [-0.3, -0.25) is 4.79 Å². The molecule has 0 fully saturated rings. The molecule has 0 saturated carbocycles. The van der Waals surface area contributed by atoms with Gasteiger partial charge in [0.1, 0.15) is 0 Å². The van der Waals surface area contributed by atoms with E-state index in [1.54, 1.807) is 29.5 Å². The van der Waals surface area contributed by atoms with Crippen molar-refractivity contribution in [1.29, 1.82) is 0 Å². The van der Waals surface area contributed by atoms with Crippen molar-refractivity contribution in [3.8, 4) is 11.4 Å². The summed E-state index contributed by atoms with van der Waals surface area (Å²) in [5.41, 5.74) is 1.48. The number of anilines is 1. The van der Waals surface area contributed by atoms with Crippen LogP contribution in [-0.4, -0.2) is 26.4 Å². The van der Waals surface area contributed by atoms with Crippen LogP contribution in [0.3, 0.4) is 0 Å². The molecule has 0 unspecified atom stereocenters. The average Bonchev–Trinajstić information content (AvgIpc) is 3.29. The average molecular weight is 455 g/mol. The summed E-state index contributed by atoms with van der Waals surface area (Å²) in [5.74, 6) is 1.28. The van der Waals surface area contributed by atoms with Gasteiger partial charge in [0, 0.05) is 22.4 Å². The summed E-state index contributed by atoms with van der Waals surface area (Å²) in [6, 6.07) is 7.26. The lowest BCUT2D eigenvalue weighted by Crippen LogP contribution is -2.15. The zero-order chi connectivity index (χ0) is 20.3. The fourth-order valence-corrected chi connectivity index (χ4v) is 4.79. The van der Waals surface area contributed by atoms with Crippen LogP contribution >= 0.6 is 46.3 Å². The molecule has 2 aromatic heterocycles. The van der Waals surface area contributed by atoms with E-state index in [0.717, 1.165) is 17.9 Å². The van der Waals surface area contributed by atoms with E-state index >= 15 is 0 Å². The lowest BCUT2D eigenvalue weighted by molar-refractivity contribution is -0.113. The molecule has 0 radical (unpaired) electrons. The number of nitrogens with zero attached hydrogens (tertiary/aromatic N) is 3. The highest BCUT2D eigenvalue weighted by atomic mass is 35.5. The first-order chi connectivity index (χ1) is 13.4. The molecule has 148 valence electrons. The van der Waals surface area contributed by atoms with Crippen molar-refractivity contribution in [3.63, 3.8) is 0 Å². The molecule has 2 heterocycles. The standard InChI is InChI=1S/C19H20Cl2N4OS2/c1-4-25-18(12-8-15(11(2)3)27-9-12)23-24-19(25)28-10-16(26)22-17-13(20)6-5-7-14(17)21/h5-9,11H,4,10H2,1-3H3,(H,22,26). The van der Waals surface area contributed by atoms with Gasteiger partial charge < -0.3 is 9.88 Å². The van der Waals surface area contributed by atoms with E-state index < -0.39 is 0 Å². The van der Waals surface area contributed by atoms with Crippen LogP contribution in [0, 0.1) is 0 Å². The van der Waals surface area contributed by atoms with E-state index in [9.17, 15) is 4.79 Å². The molecule has 0 atom stereocenters. The number of hydrogen-bond acceptors (Lipinski definition) is 5. The predicted molar refractivity (Wildman–Crippen MR) is 119 cm³/mol. The molecule has 0 spiro atoms. The maximum atomic E-state index is 12.3. The second kappa shape index (κ2) is 9.31. The molecule has 9 heteroatoms. The minimum absolute atomic E-state index is 0.181. The second-order valence-electron chi connectivity index (χ2n) is 6.38. The maximum absolute atomic E-state index is 12.3. The number of nitrogens with one attached hydrogen (secondary N) is 1. The number of benzene rings is 1. The fraction of sp³-hybridized carbons (Fsp3) is 0.316. The van der Waals surface area contributed by atoms with Gasteiger partial charge in [0.2, 0.25) is 5.91 Å². The van der Waals surface area contributed by atoms with Crippen LogP contribution in [0.5, 0.6) is 0 Å². The fourth-order valence-electron chi connectivity index (χ4n) is 2.59. The molecule has 3 rings (SSSR count). The Hall–Kier alpha value is -1.54. The summed E-state index contributed by atoms with van der Waals surface area (Å²) >= 11 is 15.3. The largest absolute Gasteiger partial charge is 0.323 e. The van der Waals surface area contributed by atoms with Crippen molar-refractivity contribution in [3.05, 3.63) is 44.6 Å². The van der Waals surface area contributed by atoms with Crippen LogP contribution in [0.15, 0.2) is 34.8 Å². The Bertz CT molecular complexity index is 964. The topological polar surface area (TPSA) is 59.8 Å². The normalized spacial score (nSPS) is 11.2. The Morgan fingerprint density at radius 3 is 2.61 bits per heavy atom. The molecule has 0 aliphatic heterocycles. The smallest absolute Gasteiger partial charge is 0.234 e. The molecule has 0 aliphatic carbocycles. The van der Waals surface area contributed by atoms with Crippen molar-refractivity contribution < 1.29 is 4.79 Å². The number of aromatic nitrogens is 3. The number of rotatable bonds is 7. The molecule has 0 saturated heterocycles.